The van der Waals surface area contributed by atoms with E-state index in [4.69, 9.17) is 0 Å². The van der Waals surface area contributed by atoms with Crippen molar-refractivity contribution in [3.05, 3.63) is 83.5 Å². The first-order valence-electron chi connectivity index (χ1n) is 11.1. The Morgan fingerprint density at radius 1 is 1.15 bits per heavy atom. The summed E-state index contributed by atoms with van der Waals surface area (Å²) in [6.07, 6.45) is 6.05. The summed E-state index contributed by atoms with van der Waals surface area (Å²) in [5.74, 6) is -0.172. The van der Waals surface area contributed by atoms with Gasteiger partial charge in [-0.05, 0) is 50.5 Å². The molecule has 0 saturated carbocycles. The number of hydrogen-bond acceptors (Lipinski definition) is 5. The Kier molecular flexibility index (Phi) is 7.02. The predicted octanol–water partition coefficient (Wildman–Crippen LogP) is 3.91. The van der Waals surface area contributed by atoms with E-state index in [1.165, 1.54) is 18.3 Å². The molecule has 0 bridgehead atoms. The molecule has 0 spiro atoms. The molecule has 1 N–H and O–H groups in total. The van der Waals surface area contributed by atoms with Crippen LogP contribution in [0, 0.1) is 12.7 Å². The molecule has 1 aromatic carbocycles. The lowest BCUT2D eigenvalue weighted by molar-refractivity contribution is -0.130. The van der Waals surface area contributed by atoms with Crippen LogP contribution < -0.4 is 5.32 Å². The first-order valence-corrected chi connectivity index (χ1v) is 11.1. The van der Waals surface area contributed by atoms with Crippen molar-refractivity contribution < 1.29 is 14.0 Å². The van der Waals surface area contributed by atoms with Crippen molar-refractivity contribution in [2.24, 2.45) is 0 Å². The number of nitrogens with one attached hydrogen (secondary N) is 1. The zero-order valence-electron chi connectivity index (χ0n) is 18.5. The van der Waals surface area contributed by atoms with E-state index in [1.54, 1.807) is 25.3 Å². The number of hydrogen-bond donors (Lipinski definition) is 1. The fourth-order valence-corrected chi connectivity index (χ4v) is 3.98. The molecule has 0 radical (unpaired) electrons. The molecule has 2 aromatic heterocycles. The molecule has 7 nitrogen and oxygen atoms in total. The highest BCUT2D eigenvalue weighted by atomic mass is 19.1. The molecule has 1 saturated heterocycles. The Balaban J connectivity index is 1.32. The van der Waals surface area contributed by atoms with Crippen molar-refractivity contribution in [3.8, 4) is 0 Å². The summed E-state index contributed by atoms with van der Waals surface area (Å²) in [7, 11) is 0. The van der Waals surface area contributed by atoms with Gasteiger partial charge in [-0.3, -0.25) is 14.6 Å². The fraction of sp³-hybridized carbons (Fsp3) is 0.320. The number of aromatic nitrogens is 3. The lowest BCUT2D eigenvalue weighted by Crippen LogP contribution is -2.28. The number of nitrogens with zero attached hydrogens (tertiary/aromatic N) is 4. The second-order valence-electron chi connectivity index (χ2n) is 8.16. The van der Waals surface area contributed by atoms with Crippen molar-refractivity contribution in [2.45, 2.75) is 38.5 Å². The van der Waals surface area contributed by atoms with E-state index in [1.807, 2.05) is 23.1 Å². The lowest BCUT2D eigenvalue weighted by Gasteiger charge is -2.16. The normalized spacial score (nSPS) is 15.5. The van der Waals surface area contributed by atoms with Crippen molar-refractivity contribution in [3.63, 3.8) is 0 Å². The monoisotopic (exact) mass is 447 g/mol. The average Bonchev–Trinajstić information content (AvgIpc) is 3.32. The van der Waals surface area contributed by atoms with Crippen LogP contribution in [0.5, 0.6) is 0 Å². The third-order valence-electron chi connectivity index (χ3n) is 5.82. The molecule has 3 aromatic rings. The van der Waals surface area contributed by atoms with Crippen LogP contribution in [-0.2, 0) is 11.2 Å². The Bertz CT molecular complexity index is 1140. The van der Waals surface area contributed by atoms with Gasteiger partial charge in [0.15, 0.2) is 0 Å². The van der Waals surface area contributed by atoms with Gasteiger partial charge in [0.1, 0.15) is 11.6 Å². The molecule has 4 rings (SSSR count). The molecule has 1 aliphatic heterocycles. The Labute approximate surface area is 192 Å². The van der Waals surface area contributed by atoms with Gasteiger partial charge in [0, 0.05) is 43.5 Å². The quantitative estimate of drug-likeness (QED) is 0.593. The molecule has 1 unspecified atom stereocenters. The molecule has 170 valence electrons. The SMILES string of the molecule is Cc1nc(C2CCN(C(=O)CCCc3ccccn3)C2)ncc1C(=O)Nc1ccccc1F. The van der Waals surface area contributed by atoms with Crippen LogP contribution in [0.25, 0.3) is 0 Å². The van der Waals surface area contributed by atoms with E-state index in [0.29, 0.717) is 36.6 Å². The maximum absolute atomic E-state index is 13.8. The Hall–Kier alpha value is -3.68. The highest BCUT2D eigenvalue weighted by Crippen LogP contribution is 2.26. The number of anilines is 1. The lowest BCUT2D eigenvalue weighted by atomic mass is 10.1. The topological polar surface area (TPSA) is 88.1 Å². The highest BCUT2D eigenvalue weighted by molar-refractivity contribution is 6.04. The maximum atomic E-state index is 13.8. The number of pyridine rings is 1. The first kappa shape index (κ1) is 22.5. The highest BCUT2D eigenvalue weighted by Gasteiger charge is 2.29. The molecule has 3 heterocycles. The molecular formula is C25H26FN5O2. The van der Waals surface area contributed by atoms with Crippen LogP contribution in [0.1, 0.15) is 52.8 Å². The van der Waals surface area contributed by atoms with Crippen LogP contribution >= 0.6 is 0 Å². The number of para-hydroxylation sites is 1. The van der Waals surface area contributed by atoms with Crippen LogP contribution in [0.3, 0.4) is 0 Å². The van der Waals surface area contributed by atoms with Crippen LogP contribution in [0.2, 0.25) is 0 Å². The summed E-state index contributed by atoms with van der Waals surface area (Å²) in [6, 6.07) is 11.8. The van der Waals surface area contributed by atoms with Crippen LogP contribution in [0.4, 0.5) is 10.1 Å². The van der Waals surface area contributed by atoms with Crippen molar-refractivity contribution in [1.29, 1.82) is 0 Å². The van der Waals surface area contributed by atoms with E-state index in [9.17, 15) is 14.0 Å². The summed E-state index contributed by atoms with van der Waals surface area (Å²) in [5, 5.41) is 2.56. The zero-order chi connectivity index (χ0) is 23.2. The van der Waals surface area contributed by atoms with E-state index < -0.39 is 11.7 Å². The van der Waals surface area contributed by atoms with Gasteiger partial charge in [-0.1, -0.05) is 18.2 Å². The van der Waals surface area contributed by atoms with Gasteiger partial charge in [0.2, 0.25) is 5.91 Å². The smallest absolute Gasteiger partial charge is 0.259 e. The minimum absolute atomic E-state index is 0.0344. The minimum atomic E-state index is -0.503. The van der Waals surface area contributed by atoms with Gasteiger partial charge in [0.25, 0.3) is 5.91 Å². The second-order valence-corrected chi connectivity index (χ2v) is 8.16. The number of benzene rings is 1. The van der Waals surface area contributed by atoms with Gasteiger partial charge >= 0.3 is 0 Å². The summed E-state index contributed by atoms with van der Waals surface area (Å²) < 4.78 is 13.8. The third-order valence-corrected chi connectivity index (χ3v) is 5.82. The van der Waals surface area contributed by atoms with E-state index in [-0.39, 0.29) is 17.5 Å². The fourth-order valence-electron chi connectivity index (χ4n) is 3.98. The first-order chi connectivity index (χ1) is 16.0. The van der Waals surface area contributed by atoms with Crippen molar-refractivity contribution in [2.75, 3.05) is 18.4 Å². The van der Waals surface area contributed by atoms with E-state index in [2.05, 4.69) is 20.3 Å². The number of rotatable bonds is 7. The predicted molar refractivity (Wildman–Crippen MR) is 122 cm³/mol. The molecule has 2 amide bonds. The standard InChI is InChI=1S/C25H26FN5O2/c1-17-20(25(33)30-22-10-3-2-9-21(22)26)15-28-24(29-17)18-12-14-31(16-18)23(32)11-6-8-19-7-4-5-13-27-19/h2-5,7,9-10,13,15,18H,6,8,11-12,14,16H2,1H3,(H,30,33). The van der Waals surface area contributed by atoms with Gasteiger partial charge < -0.3 is 10.2 Å². The summed E-state index contributed by atoms with van der Waals surface area (Å²) in [6.45, 7) is 2.98. The van der Waals surface area contributed by atoms with Gasteiger partial charge in [0.05, 0.1) is 16.9 Å². The number of carbonyl (C=O) groups excluding carboxylic acids is 2. The van der Waals surface area contributed by atoms with E-state index in [0.717, 1.165) is 25.0 Å². The molecule has 1 fully saturated rings. The number of amides is 2. The van der Waals surface area contributed by atoms with Gasteiger partial charge in [-0.25, -0.2) is 14.4 Å². The van der Waals surface area contributed by atoms with Gasteiger partial charge in [-0.2, -0.15) is 0 Å². The molecule has 1 atom stereocenters. The number of aryl methyl sites for hydroxylation is 2. The molecular weight excluding hydrogens is 421 g/mol. The Morgan fingerprint density at radius 3 is 2.73 bits per heavy atom. The Morgan fingerprint density at radius 2 is 1.97 bits per heavy atom. The zero-order valence-corrected chi connectivity index (χ0v) is 18.5. The molecule has 33 heavy (non-hydrogen) atoms. The maximum Gasteiger partial charge on any atom is 0.259 e. The van der Waals surface area contributed by atoms with Crippen LogP contribution in [0.15, 0.2) is 54.9 Å². The second kappa shape index (κ2) is 10.3. The van der Waals surface area contributed by atoms with Gasteiger partial charge in [-0.15, -0.1) is 0 Å². The number of likely N-dealkylation sites (tertiary alicyclic amines) is 1. The molecule has 8 heteroatoms. The van der Waals surface area contributed by atoms with Crippen molar-refractivity contribution >= 4 is 17.5 Å². The van der Waals surface area contributed by atoms with Crippen LogP contribution in [-0.4, -0.2) is 44.8 Å². The molecule has 0 aliphatic carbocycles. The largest absolute Gasteiger partial charge is 0.342 e. The van der Waals surface area contributed by atoms with Crippen molar-refractivity contribution in [1.82, 2.24) is 19.9 Å². The number of halogens is 1. The molecule has 1 aliphatic rings. The summed E-state index contributed by atoms with van der Waals surface area (Å²) >= 11 is 0. The van der Waals surface area contributed by atoms with E-state index >= 15 is 0 Å². The number of carbonyl (C=O) groups is 2. The summed E-state index contributed by atoms with van der Waals surface area (Å²) in [4.78, 5) is 40.2. The third kappa shape index (κ3) is 5.58. The summed E-state index contributed by atoms with van der Waals surface area (Å²) in [5.41, 5.74) is 1.92. The minimum Gasteiger partial charge on any atom is -0.342 e. The average molecular weight is 448 g/mol.